The average Bonchev–Trinajstić information content (AvgIpc) is 3.19. The van der Waals surface area contributed by atoms with Crippen molar-refractivity contribution in [1.82, 2.24) is 5.32 Å². The van der Waals surface area contributed by atoms with E-state index in [1.165, 1.54) is 238 Å². The van der Waals surface area contributed by atoms with Crippen molar-refractivity contribution < 1.29 is 15.0 Å². The minimum Gasteiger partial charge on any atom is -0.394 e. The fraction of sp³-hybridized carbons (Fsp3) is 0.941. The lowest BCUT2D eigenvalue weighted by molar-refractivity contribution is -0.123. The molecular formula is C51H101NO3. The van der Waals surface area contributed by atoms with E-state index in [1.807, 2.05) is 0 Å². The minimum absolute atomic E-state index is 0.0365. The number of carbonyl (C=O) groups is 1. The monoisotopic (exact) mass is 776 g/mol. The molecule has 0 aliphatic carbocycles. The Morgan fingerprint density at radius 2 is 0.691 bits per heavy atom. The number of hydrogen-bond donors (Lipinski definition) is 3. The van der Waals surface area contributed by atoms with Crippen LogP contribution in [0, 0.1) is 0 Å². The van der Waals surface area contributed by atoms with Crippen LogP contribution in [0.25, 0.3) is 0 Å². The van der Waals surface area contributed by atoms with Crippen molar-refractivity contribution in [3.63, 3.8) is 0 Å². The maximum atomic E-state index is 12.4. The highest BCUT2D eigenvalue weighted by Crippen LogP contribution is 2.17. The Labute approximate surface area is 346 Å². The smallest absolute Gasteiger partial charge is 0.220 e. The van der Waals surface area contributed by atoms with E-state index < -0.39 is 12.1 Å². The first-order chi connectivity index (χ1) is 27.2. The summed E-state index contributed by atoms with van der Waals surface area (Å²) in [4.78, 5) is 12.4. The van der Waals surface area contributed by atoms with Crippen LogP contribution >= 0.6 is 0 Å². The number of allylic oxidation sites excluding steroid dienone is 2. The summed E-state index contributed by atoms with van der Waals surface area (Å²) >= 11 is 0. The fourth-order valence-electron chi connectivity index (χ4n) is 8.12. The van der Waals surface area contributed by atoms with Crippen LogP contribution in [0.3, 0.4) is 0 Å². The summed E-state index contributed by atoms with van der Waals surface area (Å²) in [5, 5.41) is 23.2. The number of carbonyl (C=O) groups excluding carboxylic acids is 1. The van der Waals surface area contributed by atoms with Gasteiger partial charge in [0.05, 0.1) is 18.8 Å². The maximum Gasteiger partial charge on any atom is 0.220 e. The molecule has 0 aromatic rings. The molecule has 4 heteroatoms. The van der Waals surface area contributed by atoms with Crippen molar-refractivity contribution in [3.8, 4) is 0 Å². The Bertz CT molecular complexity index is 754. The van der Waals surface area contributed by atoms with Crippen LogP contribution in [0.1, 0.15) is 290 Å². The molecule has 0 radical (unpaired) electrons. The normalized spacial score (nSPS) is 12.9. The van der Waals surface area contributed by atoms with E-state index in [-0.39, 0.29) is 12.5 Å². The molecule has 0 saturated heterocycles. The number of amides is 1. The number of unbranched alkanes of at least 4 members (excludes halogenated alkanes) is 38. The van der Waals surface area contributed by atoms with Gasteiger partial charge in [-0.15, -0.1) is 0 Å². The summed E-state index contributed by atoms with van der Waals surface area (Å²) in [6.45, 7) is 4.37. The van der Waals surface area contributed by atoms with Gasteiger partial charge in [-0.25, -0.2) is 0 Å². The van der Waals surface area contributed by atoms with Gasteiger partial charge in [-0.1, -0.05) is 257 Å². The van der Waals surface area contributed by atoms with Crippen LogP contribution in [0.4, 0.5) is 0 Å². The highest BCUT2D eigenvalue weighted by molar-refractivity contribution is 5.76. The van der Waals surface area contributed by atoms with Crippen molar-refractivity contribution in [2.24, 2.45) is 0 Å². The largest absolute Gasteiger partial charge is 0.394 e. The van der Waals surface area contributed by atoms with Gasteiger partial charge in [0.2, 0.25) is 5.91 Å². The molecule has 0 aliphatic heterocycles. The Balaban J connectivity index is 3.40. The lowest BCUT2D eigenvalue weighted by Gasteiger charge is -2.22. The van der Waals surface area contributed by atoms with Gasteiger partial charge in [0.1, 0.15) is 0 Å². The van der Waals surface area contributed by atoms with Gasteiger partial charge in [-0.05, 0) is 38.5 Å². The summed E-state index contributed by atoms with van der Waals surface area (Å²) in [7, 11) is 0. The third-order valence-electron chi connectivity index (χ3n) is 12.0. The topological polar surface area (TPSA) is 69.6 Å². The summed E-state index contributed by atoms with van der Waals surface area (Å²) in [5.74, 6) is -0.0365. The third-order valence-corrected chi connectivity index (χ3v) is 12.0. The molecule has 0 bridgehead atoms. The Kier molecular flexibility index (Phi) is 46.8. The highest BCUT2D eigenvalue weighted by Gasteiger charge is 2.20. The van der Waals surface area contributed by atoms with Gasteiger partial charge in [0, 0.05) is 6.42 Å². The van der Waals surface area contributed by atoms with E-state index in [2.05, 4.69) is 31.3 Å². The molecule has 0 rings (SSSR count). The summed E-state index contributed by atoms with van der Waals surface area (Å²) < 4.78 is 0. The van der Waals surface area contributed by atoms with E-state index in [1.54, 1.807) is 0 Å². The maximum absolute atomic E-state index is 12.4. The zero-order chi connectivity index (χ0) is 40.0. The van der Waals surface area contributed by atoms with Crippen molar-refractivity contribution in [1.29, 1.82) is 0 Å². The molecule has 0 fully saturated rings. The molecule has 3 N–H and O–H groups in total. The molecule has 328 valence electrons. The average molecular weight is 776 g/mol. The predicted molar refractivity (Wildman–Crippen MR) is 244 cm³/mol. The Morgan fingerprint density at radius 3 is 1.00 bits per heavy atom. The van der Waals surface area contributed by atoms with E-state index in [0.29, 0.717) is 12.8 Å². The first-order valence-corrected chi connectivity index (χ1v) is 25.4. The van der Waals surface area contributed by atoms with Crippen molar-refractivity contribution in [2.45, 2.75) is 302 Å². The Morgan fingerprint density at radius 1 is 0.418 bits per heavy atom. The first kappa shape index (κ1) is 54.1. The number of nitrogens with one attached hydrogen (secondary N) is 1. The molecule has 55 heavy (non-hydrogen) atoms. The standard InChI is InChI=1S/C51H101NO3/c1-3-5-7-9-11-13-15-17-19-20-21-22-23-24-25-26-27-28-29-30-31-32-33-34-36-38-40-42-44-46-50(54)49(48-53)52-51(55)47-45-43-41-39-37-35-18-16-14-12-10-8-6-4-2/h16,18,49-50,53-54H,3-15,17,19-48H2,1-2H3,(H,52,55)/b18-16-. The van der Waals surface area contributed by atoms with Crippen LogP contribution in [0.15, 0.2) is 12.2 Å². The molecule has 4 nitrogen and oxygen atoms in total. The van der Waals surface area contributed by atoms with Crippen LogP contribution in [0.2, 0.25) is 0 Å². The SMILES string of the molecule is CCCCCCC/C=C\CCCCCCCC(=O)NC(CO)C(O)CCCCCCCCCCCCCCCCCCCCCCCCCCCCCCC. The minimum atomic E-state index is -0.660. The molecule has 0 aliphatic rings. The lowest BCUT2D eigenvalue weighted by Crippen LogP contribution is -2.45. The molecule has 0 aromatic carbocycles. The molecule has 1 amide bonds. The predicted octanol–water partition coefficient (Wildman–Crippen LogP) is 16.2. The second-order valence-corrected chi connectivity index (χ2v) is 17.6. The van der Waals surface area contributed by atoms with E-state index >= 15 is 0 Å². The van der Waals surface area contributed by atoms with Crippen LogP contribution in [0.5, 0.6) is 0 Å². The van der Waals surface area contributed by atoms with Gasteiger partial charge in [0.25, 0.3) is 0 Å². The third kappa shape index (κ3) is 44.1. The van der Waals surface area contributed by atoms with Crippen LogP contribution in [-0.2, 0) is 4.79 Å². The van der Waals surface area contributed by atoms with Crippen molar-refractivity contribution in [3.05, 3.63) is 12.2 Å². The second-order valence-electron chi connectivity index (χ2n) is 17.6. The highest BCUT2D eigenvalue weighted by atomic mass is 16.3. The summed E-state index contributed by atoms with van der Waals surface area (Å²) in [6, 6.07) is -0.537. The van der Waals surface area contributed by atoms with Crippen molar-refractivity contribution >= 4 is 5.91 Å². The molecule has 0 heterocycles. The zero-order valence-corrected chi connectivity index (χ0v) is 37.7. The summed E-state index contributed by atoms with van der Waals surface area (Å²) in [6.07, 6.45) is 60.4. The van der Waals surface area contributed by atoms with Gasteiger partial charge in [0.15, 0.2) is 0 Å². The molecule has 0 aromatic heterocycles. The first-order valence-electron chi connectivity index (χ1n) is 25.4. The van der Waals surface area contributed by atoms with E-state index in [4.69, 9.17) is 0 Å². The number of aliphatic hydroxyl groups excluding tert-OH is 2. The molecule has 2 unspecified atom stereocenters. The number of hydrogen-bond acceptors (Lipinski definition) is 3. The van der Waals surface area contributed by atoms with E-state index in [9.17, 15) is 15.0 Å². The van der Waals surface area contributed by atoms with Crippen molar-refractivity contribution in [2.75, 3.05) is 6.61 Å². The van der Waals surface area contributed by atoms with Crippen LogP contribution in [-0.4, -0.2) is 34.9 Å². The zero-order valence-electron chi connectivity index (χ0n) is 37.7. The lowest BCUT2D eigenvalue weighted by atomic mass is 10.0. The molecule has 0 saturated carbocycles. The molecular weight excluding hydrogens is 675 g/mol. The number of aliphatic hydroxyl groups is 2. The molecule has 2 atom stereocenters. The quantitative estimate of drug-likeness (QED) is 0.0426. The second kappa shape index (κ2) is 47.5. The fourth-order valence-corrected chi connectivity index (χ4v) is 8.12. The van der Waals surface area contributed by atoms with E-state index in [0.717, 1.165) is 25.7 Å². The van der Waals surface area contributed by atoms with Crippen LogP contribution < -0.4 is 5.32 Å². The van der Waals surface area contributed by atoms with Gasteiger partial charge >= 0.3 is 0 Å². The Hall–Kier alpha value is -0.870. The number of rotatable bonds is 47. The molecule has 0 spiro atoms. The summed E-state index contributed by atoms with van der Waals surface area (Å²) in [5.41, 5.74) is 0. The van der Waals surface area contributed by atoms with Gasteiger partial charge < -0.3 is 15.5 Å². The van der Waals surface area contributed by atoms with Gasteiger partial charge in [-0.2, -0.15) is 0 Å². The van der Waals surface area contributed by atoms with Gasteiger partial charge in [-0.3, -0.25) is 4.79 Å².